The third-order valence-electron chi connectivity index (χ3n) is 4.23. The molecule has 0 heterocycles. The summed E-state index contributed by atoms with van der Waals surface area (Å²) in [6, 6.07) is 9.54. The maximum atomic E-state index is 4.81. The second-order valence-corrected chi connectivity index (χ2v) is 5.93. The number of aryl methyl sites for hydroxylation is 1. The summed E-state index contributed by atoms with van der Waals surface area (Å²) in [6.07, 6.45) is 6.37. The molecule has 2 N–H and O–H groups in total. The molecule has 116 valence electrons. The number of rotatable bonds is 4. The highest BCUT2D eigenvalue weighted by Crippen LogP contribution is 2.31. The highest BCUT2D eigenvalue weighted by atomic mass is 127. The van der Waals surface area contributed by atoms with Crippen LogP contribution in [0, 0.1) is 0 Å². The zero-order valence-corrected chi connectivity index (χ0v) is 15.1. The summed E-state index contributed by atoms with van der Waals surface area (Å²) in [5.41, 5.74) is 3.05. The molecule has 1 aromatic carbocycles. The molecule has 21 heavy (non-hydrogen) atoms. The molecule has 2 aliphatic carbocycles. The topological polar surface area (TPSA) is 36.4 Å². The fourth-order valence-electron chi connectivity index (χ4n) is 2.99. The van der Waals surface area contributed by atoms with Crippen LogP contribution >= 0.6 is 24.0 Å². The molecule has 1 atom stereocenters. The first kappa shape index (κ1) is 16.6. The summed E-state index contributed by atoms with van der Waals surface area (Å²) in [4.78, 5) is 4.81. The monoisotopic (exact) mass is 399 g/mol. The summed E-state index contributed by atoms with van der Waals surface area (Å²) >= 11 is 0. The number of aliphatic imine (C=N–C) groups is 1. The number of fused-ring (bicyclic) bond motifs is 1. The molecular formula is C17H26IN3. The van der Waals surface area contributed by atoms with Gasteiger partial charge in [-0.15, -0.1) is 24.0 Å². The summed E-state index contributed by atoms with van der Waals surface area (Å²) in [6.45, 7) is 3.96. The molecule has 0 aliphatic heterocycles. The van der Waals surface area contributed by atoms with E-state index in [0.717, 1.165) is 19.0 Å². The van der Waals surface area contributed by atoms with Gasteiger partial charge in [0, 0.05) is 25.0 Å². The van der Waals surface area contributed by atoms with Crippen molar-refractivity contribution in [3.63, 3.8) is 0 Å². The summed E-state index contributed by atoms with van der Waals surface area (Å²) in [5, 5.41) is 6.85. The molecule has 4 heteroatoms. The van der Waals surface area contributed by atoms with Gasteiger partial charge in [-0.2, -0.15) is 0 Å². The van der Waals surface area contributed by atoms with Crippen LogP contribution in [0.2, 0.25) is 0 Å². The van der Waals surface area contributed by atoms with Crippen molar-refractivity contribution < 1.29 is 0 Å². The van der Waals surface area contributed by atoms with E-state index in [4.69, 9.17) is 4.99 Å². The molecule has 0 radical (unpaired) electrons. The highest BCUT2D eigenvalue weighted by Gasteiger charge is 2.23. The zero-order chi connectivity index (χ0) is 13.8. The Hall–Kier alpha value is -0.780. The van der Waals surface area contributed by atoms with Crippen molar-refractivity contribution in [2.75, 3.05) is 13.1 Å². The first-order valence-electron chi connectivity index (χ1n) is 7.99. The standard InChI is InChI=1S/C17H25N3.HI/c1-2-18-17(20-15-10-11-15)19-12-14-8-5-7-13-6-3-4-9-16(13)14;/h3-4,6,9,14-15H,2,5,7-8,10-12H2,1H3,(H2,18,19,20);1H. The van der Waals surface area contributed by atoms with E-state index >= 15 is 0 Å². The average Bonchev–Trinajstić information content (AvgIpc) is 3.29. The van der Waals surface area contributed by atoms with Gasteiger partial charge in [-0.05, 0) is 50.2 Å². The molecule has 1 fully saturated rings. The van der Waals surface area contributed by atoms with Crippen molar-refractivity contribution in [1.29, 1.82) is 0 Å². The summed E-state index contributed by atoms with van der Waals surface area (Å²) in [7, 11) is 0. The number of nitrogens with zero attached hydrogens (tertiary/aromatic N) is 1. The Morgan fingerprint density at radius 3 is 2.81 bits per heavy atom. The Bertz CT molecular complexity index is 483. The van der Waals surface area contributed by atoms with Gasteiger partial charge in [0.1, 0.15) is 0 Å². The molecular weight excluding hydrogens is 373 g/mol. The van der Waals surface area contributed by atoms with Crippen LogP contribution in [0.15, 0.2) is 29.3 Å². The summed E-state index contributed by atoms with van der Waals surface area (Å²) in [5.74, 6) is 1.59. The minimum Gasteiger partial charge on any atom is -0.357 e. The van der Waals surface area contributed by atoms with Crippen LogP contribution in [0.1, 0.15) is 49.7 Å². The van der Waals surface area contributed by atoms with E-state index in [9.17, 15) is 0 Å². The van der Waals surface area contributed by atoms with Crippen molar-refractivity contribution in [1.82, 2.24) is 10.6 Å². The molecule has 0 aromatic heterocycles. The van der Waals surface area contributed by atoms with E-state index < -0.39 is 0 Å². The Balaban J connectivity index is 0.00000161. The number of hydrogen-bond donors (Lipinski definition) is 2. The largest absolute Gasteiger partial charge is 0.357 e. The SMILES string of the molecule is CCNC(=NCC1CCCc2ccccc21)NC1CC1.I. The van der Waals surface area contributed by atoms with Crippen molar-refractivity contribution in [3.8, 4) is 0 Å². The smallest absolute Gasteiger partial charge is 0.191 e. The molecule has 3 nitrogen and oxygen atoms in total. The molecule has 0 spiro atoms. The Morgan fingerprint density at radius 1 is 1.24 bits per heavy atom. The van der Waals surface area contributed by atoms with Crippen LogP contribution < -0.4 is 10.6 Å². The van der Waals surface area contributed by atoms with Gasteiger partial charge in [0.15, 0.2) is 5.96 Å². The molecule has 0 amide bonds. The van der Waals surface area contributed by atoms with Gasteiger partial charge in [-0.3, -0.25) is 4.99 Å². The molecule has 0 bridgehead atoms. The van der Waals surface area contributed by atoms with Gasteiger partial charge in [-0.25, -0.2) is 0 Å². The molecule has 3 rings (SSSR count). The average molecular weight is 399 g/mol. The van der Waals surface area contributed by atoms with Crippen molar-refractivity contribution in [2.45, 2.75) is 51.0 Å². The molecule has 1 unspecified atom stereocenters. The lowest BCUT2D eigenvalue weighted by Crippen LogP contribution is -2.38. The van der Waals surface area contributed by atoms with E-state index in [1.54, 1.807) is 0 Å². The second-order valence-electron chi connectivity index (χ2n) is 5.93. The molecule has 0 saturated heterocycles. The van der Waals surface area contributed by atoms with E-state index in [-0.39, 0.29) is 24.0 Å². The maximum Gasteiger partial charge on any atom is 0.191 e. The van der Waals surface area contributed by atoms with E-state index in [0.29, 0.717) is 12.0 Å². The Labute approximate surface area is 145 Å². The van der Waals surface area contributed by atoms with Gasteiger partial charge in [0.25, 0.3) is 0 Å². The lowest BCUT2D eigenvalue weighted by atomic mass is 9.83. The van der Waals surface area contributed by atoms with E-state index in [1.165, 1.54) is 43.2 Å². The van der Waals surface area contributed by atoms with Gasteiger partial charge in [-0.1, -0.05) is 24.3 Å². The molecule has 1 aromatic rings. The van der Waals surface area contributed by atoms with Crippen LogP contribution in [0.3, 0.4) is 0 Å². The van der Waals surface area contributed by atoms with E-state index in [2.05, 4.69) is 41.8 Å². The fraction of sp³-hybridized carbons (Fsp3) is 0.588. The van der Waals surface area contributed by atoms with Crippen molar-refractivity contribution in [3.05, 3.63) is 35.4 Å². The van der Waals surface area contributed by atoms with Crippen LogP contribution in [0.25, 0.3) is 0 Å². The predicted molar refractivity (Wildman–Crippen MR) is 99.7 cm³/mol. The molecule has 2 aliphatic rings. The van der Waals surface area contributed by atoms with E-state index in [1.807, 2.05) is 0 Å². The van der Waals surface area contributed by atoms with Crippen LogP contribution in [-0.4, -0.2) is 25.1 Å². The highest BCUT2D eigenvalue weighted by molar-refractivity contribution is 14.0. The summed E-state index contributed by atoms with van der Waals surface area (Å²) < 4.78 is 0. The Kier molecular flexibility index (Phi) is 6.33. The number of guanidine groups is 1. The van der Waals surface area contributed by atoms with Crippen molar-refractivity contribution >= 4 is 29.9 Å². The third-order valence-corrected chi connectivity index (χ3v) is 4.23. The fourth-order valence-corrected chi connectivity index (χ4v) is 2.99. The zero-order valence-electron chi connectivity index (χ0n) is 12.8. The first-order chi connectivity index (χ1) is 9.86. The quantitative estimate of drug-likeness (QED) is 0.462. The number of nitrogens with one attached hydrogen (secondary N) is 2. The van der Waals surface area contributed by atoms with Gasteiger partial charge in [0.05, 0.1) is 0 Å². The number of hydrogen-bond acceptors (Lipinski definition) is 1. The van der Waals surface area contributed by atoms with Gasteiger partial charge >= 0.3 is 0 Å². The van der Waals surface area contributed by atoms with Gasteiger partial charge in [0.2, 0.25) is 0 Å². The molecule has 1 saturated carbocycles. The van der Waals surface area contributed by atoms with Crippen LogP contribution in [0.5, 0.6) is 0 Å². The number of halogens is 1. The van der Waals surface area contributed by atoms with Crippen LogP contribution in [-0.2, 0) is 6.42 Å². The second kappa shape index (κ2) is 8.01. The third kappa shape index (κ3) is 4.59. The lowest BCUT2D eigenvalue weighted by molar-refractivity contribution is 0.559. The minimum atomic E-state index is 0. The van der Waals surface area contributed by atoms with Crippen LogP contribution in [0.4, 0.5) is 0 Å². The first-order valence-corrected chi connectivity index (χ1v) is 7.99. The maximum absolute atomic E-state index is 4.81. The van der Waals surface area contributed by atoms with Gasteiger partial charge < -0.3 is 10.6 Å². The minimum absolute atomic E-state index is 0. The Morgan fingerprint density at radius 2 is 2.05 bits per heavy atom. The number of benzene rings is 1. The predicted octanol–water partition coefficient (Wildman–Crippen LogP) is 3.44. The van der Waals surface area contributed by atoms with Crippen molar-refractivity contribution in [2.24, 2.45) is 4.99 Å². The lowest BCUT2D eigenvalue weighted by Gasteiger charge is -2.24. The normalized spacial score (nSPS) is 21.2.